The summed E-state index contributed by atoms with van der Waals surface area (Å²) in [5.41, 5.74) is 0. The number of ether oxygens (including phenoxy) is 2. The van der Waals surface area contributed by atoms with Gasteiger partial charge in [-0.3, -0.25) is 9.59 Å². The highest BCUT2D eigenvalue weighted by Gasteiger charge is 2.23. The quantitative estimate of drug-likeness (QED) is 0.261. The first-order valence-corrected chi connectivity index (χ1v) is 5.40. The molecule has 0 aliphatic heterocycles. The normalized spacial score (nSPS) is 11.9. The molecule has 4 nitrogen and oxygen atoms in total. The first-order chi connectivity index (χ1) is 7.63. The van der Waals surface area contributed by atoms with E-state index in [1.54, 1.807) is 6.08 Å². The van der Waals surface area contributed by atoms with Crippen LogP contribution < -0.4 is 0 Å². The van der Waals surface area contributed by atoms with E-state index in [1.165, 1.54) is 14.0 Å². The van der Waals surface area contributed by atoms with Gasteiger partial charge in [-0.05, 0) is 26.2 Å². The summed E-state index contributed by atoms with van der Waals surface area (Å²) < 4.78 is 9.76. The molecule has 0 aromatic carbocycles. The van der Waals surface area contributed by atoms with Crippen LogP contribution in [-0.4, -0.2) is 32.1 Å². The molecule has 0 bridgehead atoms. The lowest BCUT2D eigenvalue weighted by atomic mass is 9.98. The van der Waals surface area contributed by atoms with Crippen molar-refractivity contribution < 1.29 is 19.1 Å². The number of methoxy groups -OCH3 is 1. The summed E-state index contributed by atoms with van der Waals surface area (Å²) in [5, 5.41) is 0. The summed E-state index contributed by atoms with van der Waals surface area (Å²) in [7, 11) is 1.30. The van der Waals surface area contributed by atoms with E-state index < -0.39 is 11.9 Å². The lowest BCUT2D eigenvalue weighted by Crippen LogP contribution is -2.23. The largest absolute Gasteiger partial charge is 0.468 e. The zero-order valence-corrected chi connectivity index (χ0v) is 10.0. The summed E-state index contributed by atoms with van der Waals surface area (Å²) in [6.07, 6.45) is 3.82. The molecule has 0 fully saturated rings. The maximum atomic E-state index is 11.2. The molecule has 0 aromatic heterocycles. The van der Waals surface area contributed by atoms with E-state index in [2.05, 4.69) is 11.3 Å². The van der Waals surface area contributed by atoms with Gasteiger partial charge in [0.05, 0.1) is 13.7 Å². The third-order valence-electron chi connectivity index (χ3n) is 2.24. The number of carbonyl (C=O) groups is 2. The van der Waals surface area contributed by atoms with Crippen molar-refractivity contribution in [3.63, 3.8) is 0 Å². The fourth-order valence-corrected chi connectivity index (χ4v) is 1.35. The molecule has 0 aliphatic rings. The predicted octanol–water partition coefficient (Wildman–Crippen LogP) is 1.74. The van der Waals surface area contributed by atoms with Gasteiger partial charge in [-0.1, -0.05) is 6.08 Å². The smallest absolute Gasteiger partial charge is 0.316 e. The van der Waals surface area contributed by atoms with E-state index in [1.807, 2.05) is 0 Å². The Balaban J connectivity index is 3.73. The van der Waals surface area contributed by atoms with Gasteiger partial charge in [0, 0.05) is 6.61 Å². The standard InChI is InChI=1S/C12H20O4/c1-4-8-16-9-6-5-7-11(10(2)13)12(14)15-3/h4,11H,1,5-9H2,2-3H3/t11-/m0/s1. The molecule has 0 aromatic rings. The van der Waals surface area contributed by atoms with Crippen molar-refractivity contribution in [1.29, 1.82) is 0 Å². The molecule has 0 saturated carbocycles. The highest BCUT2D eigenvalue weighted by Crippen LogP contribution is 2.11. The summed E-state index contributed by atoms with van der Waals surface area (Å²) in [4.78, 5) is 22.4. The highest BCUT2D eigenvalue weighted by atomic mass is 16.5. The lowest BCUT2D eigenvalue weighted by Gasteiger charge is -2.10. The average molecular weight is 228 g/mol. The van der Waals surface area contributed by atoms with Gasteiger partial charge in [0.15, 0.2) is 0 Å². The zero-order valence-electron chi connectivity index (χ0n) is 10.0. The van der Waals surface area contributed by atoms with E-state index >= 15 is 0 Å². The summed E-state index contributed by atoms with van der Waals surface area (Å²) in [6, 6.07) is 0. The molecule has 0 saturated heterocycles. The molecule has 0 radical (unpaired) electrons. The van der Waals surface area contributed by atoms with E-state index in [-0.39, 0.29) is 5.78 Å². The van der Waals surface area contributed by atoms with Gasteiger partial charge in [-0.25, -0.2) is 0 Å². The number of esters is 1. The number of rotatable bonds is 9. The Morgan fingerprint density at radius 3 is 2.56 bits per heavy atom. The molecule has 0 amide bonds. The fraction of sp³-hybridized carbons (Fsp3) is 0.667. The predicted molar refractivity (Wildman–Crippen MR) is 61.1 cm³/mol. The molecule has 16 heavy (non-hydrogen) atoms. The van der Waals surface area contributed by atoms with Crippen LogP contribution in [0.5, 0.6) is 0 Å². The van der Waals surface area contributed by atoms with E-state index in [9.17, 15) is 9.59 Å². The second-order valence-corrected chi connectivity index (χ2v) is 3.55. The molecule has 0 unspecified atom stereocenters. The van der Waals surface area contributed by atoms with Gasteiger partial charge >= 0.3 is 5.97 Å². The summed E-state index contributed by atoms with van der Waals surface area (Å²) >= 11 is 0. The monoisotopic (exact) mass is 228 g/mol. The van der Waals surface area contributed by atoms with Crippen molar-refractivity contribution in [2.45, 2.75) is 26.2 Å². The van der Waals surface area contributed by atoms with E-state index in [0.717, 1.165) is 12.8 Å². The Kier molecular flexibility index (Phi) is 8.43. The van der Waals surface area contributed by atoms with Crippen LogP contribution in [0.4, 0.5) is 0 Å². The molecule has 4 heteroatoms. The molecule has 1 atom stereocenters. The van der Waals surface area contributed by atoms with Crippen molar-refractivity contribution in [3.8, 4) is 0 Å². The number of ketones is 1. The van der Waals surface area contributed by atoms with Crippen LogP contribution in [0, 0.1) is 5.92 Å². The fourth-order valence-electron chi connectivity index (χ4n) is 1.35. The third kappa shape index (κ3) is 6.35. The second-order valence-electron chi connectivity index (χ2n) is 3.55. The van der Waals surface area contributed by atoms with Gasteiger partial charge in [0.1, 0.15) is 11.7 Å². The Morgan fingerprint density at radius 1 is 1.38 bits per heavy atom. The maximum Gasteiger partial charge on any atom is 0.316 e. The minimum atomic E-state index is -0.621. The topological polar surface area (TPSA) is 52.6 Å². The minimum Gasteiger partial charge on any atom is -0.468 e. The molecular weight excluding hydrogens is 208 g/mol. The Labute approximate surface area is 96.6 Å². The van der Waals surface area contributed by atoms with Crippen LogP contribution in [0.15, 0.2) is 12.7 Å². The van der Waals surface area contributed by atoms with Crippen molar-refractivity contribution in [1.82, 2.24) is 0 Å². The second kappa shape index (κ2) is 9.09. The van der Waals surface area contributed by atoms with Gasteiger partial charge in [0.25, 0.3) is 0 Å². The minimum absolute atomic E-state index is 0.140. The zero-order chi connectivity index (χ0) is 12.4. The first-order valence-electron chi connectivity index (χ1n) is 5.40. The molecule has 0 N–H and O–H groups in total. The van der Waals surface area contributed by atoms with E-state index in [0.29, 0.717) is 19.6 Å². The summed E-state index contributed by atoms with van der Waals surface area (Å²) in [6.45, 7) is 6.10. The van der Waals surface area contributed by atoms with Crippen molar-refractivity contribution in [2.24, 2.45) is 5.92 Å². The molecule has 92 valence electrons. The first kappa shape index (κ1) is 14.8. The van der Waals surface area contributed by atoms with Crippen LogP contribution in [0.1, 0.15) is 26.2 Å². The maximum absolute atomic E-state index is 11.2. The number of carbonyl (C=O) groups excluding carboxylic acids is 2. The number of hydrogen-bond donors (Lipinski definition) is 0. The Hall–Kier alpha value is -1.16. The van der Waals surface area contributed by atoms with Crippen molar-refractivity contribution >= 4 is 11.8 Å². The Bertz CT molecular complexity index is 235. The van der Waals surface area contributed by atoms with Crippen LogP contribution >= 0.6 is 0 Å². The lowest BCUT2D eigenvalue weighted by molar-refractivity contribution is -0.149. The van der Waals surface area contributed by atoms with E-state index in [4.69, 9.17) is 4.74 Å². The molecule has 0 heterocycles. The summed E-state index contributed by atoms with van der Waals surface area (Å²) in [5.74, 6) is -1.21. The molecular formula is C12H20O4. The van der Waals surface area contributed by atoms with Crippen LogP contribution in [0.3, 0.4) is 0 Å². The average Bonchev–Trinajstić information content (AvgIpc) is 2.26. The number of Topliss-reactive ketones (excluding diaryl/α,β-unsaturated/α-hetero) is 1. The third-order valence-corrected chi connectivity index (χ3v) is 2.24. The Morgan fingerprint density at radius 2 is 2.06 bits per heavy atom. The van der Waals surface area contributed by atoms with Crippen molar-refractivity contribution in [3.05, 3.63) is 12.7 Å². The molecule has 0 rings (SSSR count). The number of unbranched alkanes of at least 4 members (excludes halogenated alkanes) is 1. The van der Waals surface area contributed by atoms with Crippen molar-refractivity contribution in [2.75, 3.05) is 20.3 Å². The van der Waals surface area contributed by atoms with Gasteiger partial charge in [-0.15, -0.1) is 6.58 Å². The van der Waals surface area contributed by atoms with Gasteiger partial charge < -0.3 is 9.47 Å². The van der Waals surface area contributed by atoms with Crippen LogP contribution in [0.2, 0.25) is 0 Å². The van der Waals surface area contributed by atoms with Gasteiger partial charge in [-0.2, -0.15) is 0 Å². The SMILES string of the molecule is C=CCOCCCC[C@@H](C(C)=O)C(=O)OC. The van der Waals surface area contributed by atoms with Gasteiger partial charge in [0.2, 0.25) is 0 Å². The molecule has 0 aliphatic carbocycles. The van der Waals surface area contributed by atoms with Crippen LogP contribution in [-0.2, 0) is 19.1 Å². The number of hydrogen-bond acceptors (Lipinski definition) is 4. The molecule has 0 spiro atoms. The highest BCUT2D eigenvalue weighted by molar-refractivity contribution is 5.97. The van der Waals surface area contributed by atoms with Crippen LogP contribution in [0.25, 0.3) is 0 Å².